The van der Waals surface area contributed by atoms with Gasteiger partial charge in [-0.1, -0.05) is 25.5 Å². The summed E-state index contributed by atoms with van der Waals surface area (Å²) in [7, 11) is 1.72. The Morgan fingerprint density at radius 2 is 2.29 bits per heavy atom. The number of aromatic nitrogens is 3. The van der Waals surface area contributed by atoms with Crippen molar-refractivity contribution in [2.24, 2.45) is 13.0 Å². The molecule has 0 aliphatic heterocycles. The van der Waals surface area contributed by atoms with Crippen molar-refractivity contribution in [3.63, 3.8) is 0 Å². The fourth-order valence-corrected chi connectivity index (χ4v) is 1.73. The highest BCUT2D eigenvalue weighted by Crippen LogP contribution is 2.17. The van der Waals surface area contributed by atoms with Crippen LogP contribution in [0.3, 0.4) is 0 Å². The van der Waals surface area contributed by atoms with Gasteiger partial charge in [-0.3, -0.25) is 4.79 Å². The number of carbonyl (C=O) groups excluding carboxylic acids is 1. The maximum absolute atomic E-state index is 11.8. The predicted molar refractivity (Wildman–Crippen MR) is 57.1 cm³/mol. The first-order valence-electron chi connectivity index (χ1n) is 4.64. The van der Waals surface area contributed by atoms with Crippen LogP contribution in [0.2, 0.25) is 0 Å². The lowest BCUT2D eigenvalue weighted by Gasteiger charge is -2.06. The van der Waals surface area contributed by atoms with Crippen LogP contribution in [0.4, 0.5) is 0 Å². The first-order chi connectivity index (χ1) is 6.56. The molecule has 0 amide bonds. The van der Waals surface area contributed by atoms with Crippen molar-refractivity contribution in [1.29, 1.82) is 0 Å². The monoisotopic (exact) mass is 259 g/mol. The Balaban J connectivity index is 2.79. The average molecular weight is 260 g/mol. The molecule has 0 N–H and O–H groups in total. The van der Waals surface area contributed by atoms with Crippen molar-refractivity contribution < 1.29 is 4.79 Å². The van der Waals surface area contributed by atoms with Crippen molar-refractivity contribution >= 4 is 21.7 Å². The van der Waals surface area contributed by atoms with E-state index in [9.17, 15) is 4.79 Å². The normalized spacial score (nSPS) is 12.9. The molecule has 14 heavy (non-hydrogen) atoms. The minimum Gasteiger partial charge on any atom is -0.292 e. The number of hydrogen-bond donors (Lipinski definition) is 0. The highest BCUT2D eigenvalue weighted by Gasteiger charge is 2.18. The van der Waals surface area contributed by atoms with Crippen LogP contribution in [0, 0.1) is 5.92 Å². The molecule has 0 aliphatic carbocycles. The molecule has 0 bridgehead atoms. The van der Waals surface area contributed by atoms with Crippen molar-refractivity contribution in [3.05, 3.63) is 10.3 Å². The Morgan fingerprint density at radius 1 is 1.64 bits per heavy atom. The molecule has 0 saturated carbocycles. The molecule has 1 unspecified atom stereocenters. The summed E-state index contributed by atoms with van der Waals surface area (Å²) in [6.45, 7) is 4.14. The van der Waals surface area contributed by atoms with Crippen LogP contribution in [0.15, 0.2) is 4.60 Å². The fourth-order valence-electron chi connectivity index (χ4n) is 1.18. The Morgan fingerprint density at radius 3 is 2.71 bits per heavy atom. The number of halogens is 1. The van der Waals surface area contributed by atoms with Gasteiger partial charge in [0.15, 0.2) is 10.4 Å². The van der Waals surface area contributed by atoms with Crippen LogP contribution < -0.4 is 0 Å². The molecule has 78 valence electrons. The number of carbonyl (C=O) groups is 1. The number of Topliss-reactive ketones (excluding diaryl/α,β-unsaturated/α-hetero) is 1. The van der Waals surface area contributed by atoms with Crippen molar-refractivity contribution in [2.75, 3.05) is 0 Å². The summed E-state index contributed by atoms with van der Waals surface area (Å²) in [5.41, 5.74) is 0.560. The average Bonchev–Trinajstić information content (AvgIpc) is 2.46. The minimum absolute atomic E-state index is 0.0960. The third-order valence-corrected chi connectivity index (χ3v) is 2.81. The standard InChI is InChI=1S/C9H14BrN3O/c1-4-6(2)5-7(14)8-9(10)11-12-13(8)3/h6H,4-5H2,1-3H3. The van der Waals surface area contributed by atoms with E-state index in [0.717, 1.165) is 6.42 Å². The molecule has 1 aromatic heterocycles. The van der Waals surface area contributed by atoms with Crippen molar-refractivity contribution in [3.8, 4) is 0 Å². The molecular weight excluding hydrogens is 246 g/mol. The van der Waals surface area contributed by atoms with Crippen LogP contribution in [0.5, 0.6) is 0 Å². The van der Waals surface area contributed by atoms with Crippen molar-refractivity contribution in [2.45, 2.75) is 26.7 Å². The third kappa shape index (κ3) is 2.41. The zero-order valence-electron chi connectivity index (χ0n) is 8.62. The molecule has 1 atom stereocenters. The molecule has 1 rings (SSSR count). The lowest BCUT2D eigenvalue weighted by atomic mass is 10.0. The molecule has 0 aromatic carbocycles. The second-order valence-corrected chi connectivity index (χ2v) is 4.24. The fraction of sp³-hybridized carbons (Fsp3) is 0.667. The van der Waals surface area contributed by atoms with E-state index in [1.165, 1.54) is 4.68 Å². The zero-order valence-corrected chi connectivity index (χ0v) is 10.2. The van der Waals surface area contributed by atoms with Gasteiger partial charge in [-0.05, 0) is 21.8 Å². The lowest BCUT2D eigenvalue weighted by molar-refractivity contribution is 0.0953. The summed E-state index contributed by atoms with van der Waals surface area (Å²) in [5, 5.41) is 7.55. The first-order valence-corrected chi connectivity index (χ1v) is 5.44. The SMILES string of the molecule is CCC(C)CC(=O)c1c(Br)nnn1C. The number of aryl methyl sites for hydroxylation is 1. The number of rotatable bonds is 4. The lowest BCUT2D eigenvalue weighted by Crippen LogP contribution is -2.11. The van der Waals surface area contributed by atoms with E-state index in [1.54, 1.807) is 7.05 Å². The minimum atomic E-state index is 0.0960. The van der Waals surface area contributed by atoms with Gasteiger partial charge in [-0.2, -0.15) is 0 Å². The third-order valence-electron chi connectivity index (χ3n) is 2.28. The van der Waals surface area contributed by atoms with E-state index in [-0.39, 0.29) is 5.78 Å². The quantitative estimate of drug-likeness (QED) is 0.779. The van der Waals surface area contributed by atoms with Crippen LogP contribution in [0.25, 0.3) is 0 Å². The molecular formula is C9H14BrN3O. The van der Waals surface area contributed by atoms with Crippen LogP contribution in [0.1, 0.15) is 37.2 Å². The van der Waals surface area contributed by atoms with E-state index in [0.29, 0.717) is 22.6 Å². The first kappa shape index (κ1) is 11.4. The van der Waals surface area contributed by atoms with Gasteiger partial charge in [-0.15, -0.1) is 5.10 Å². The smallest absolute Gasteiger partial charge is 0.183 e. The molecule has 0 saturated heterocycles. The van der Waals surface area contributed by atoms with Gasteiger partial charge in [0.05, 0.1) is 0 Å². The Bertz CT molecular complexity index is 315. The van der Waals surface area contributed by atoms with Crippen LogP contribution in [-0.2, 0) is 7.05 Å². The second-order valence-electron chi connectivity index (χ2n) is 3.49. The van der Waals surface area contributed by atoms with Gasteiger partial charge in [0, 0.05) is 13.5 Å². The molecule has 0 fully saturated rings. The highest BCUT2D eigenvalue weighted by atomic mass is 79.9. The van der Waals surface area contributed by atoms with Crippen LogP contribution in [-0.4, -0.2) is 20.8 Å². The van der Waals surface area contributed by atoms with E-state index < -0.39 is 0 Å². The van der Waals surface area contributed by atoms with E-state index in [2.05, 4.69) is 40.1 Å². The van der Waals surface area contributed by atoms with Gasteiger partial charge in [0.2, 0.25) is 0 Å². The largest absolute Gasteiger partial charge is 0.292 e. The summed E-state index contributed by atoms with van der Waals surface area (Å²) in [4.78, 5) is 11.8. The van der Waals surface area contributed by atoms with Crippen molar-refractivity contribution in [1.82, 2.24) is 15.0 Å². The zero-order chi connectivity index (χ0) is 10.7. The number of hydrogen-bond acceptors (Lipinski definition) is 3. The summed E-state index contributed by atoms with van der Waals surface area (Å²) in [6, 6.07) is 0. The van der Waals surface area contributed by atoms with Gasteiger partial charge in [0.25, 0.3) is 0 Å². The van der Waals surface area contributed by atoms with Crippen LogP contribution >= 0.6 is 15.9 Å². The molecule has 0 spiro atoms. The van der Waals surface area contributed by atoms with E-state index >= 15 is 0 Å². The summed E-state index contributed by atoms with van der Waals surface area (Å²) >= 11 is 3.21. The topological polar surface area (TPSA) is 47.8 Å². The Kier molecular flexibility index (Phi) is 3.80. The Hall–Kier alpha value is -0.710. The molecule has 5 heteroatoms. The highest BCUT2D eigenvalue weighted by molar-refractivity contribution is 9.10. The number of ketones is 1. The molecule has 1 aromatic rings. The molecule has 1 heterocycles. The summed E-state index contributed by atoms with van der Waals surface area (Å²) in [5.74, 6) is 0.503. The summed E-state index contributed by atoms with van der Waals surface area (Å²) in [6.07, 6.45) is 1.56. The summed E-state index contributed by atoms with van der Waals surface area (Å²) < 4.78 is 2.04. The van der Waals surface area contributed by atoms with Gasteiger partial charge in [0.1, 0.15) is 5.69 Å². The van der Waals surface area contributed by atoms with Gasteiger partial charge < -0.3 is 0 Å². The van der Waals surface area contributed by atoms with Gasteiger partial charge in [-0.25, -0.2) is 4.68 Å². The van der Waals surface area contributed by atoms with E-state index in [4.69, 9.17) is 0 Å². The Labute approximate surface area is 91.8 Å². The second kappa shape index (κ2) is 4.68. The maximum Gasteiger partial charge on any atom is 0.183 e. The molecule has 4 nitrogen and oxygen atoms in total. The molecule has 0 radical (unpaired) electrons. The predicted octanol–water partition coefficient (Wildman–Crippen LogP) is 2.20. The molecule has 0 aliphatic rings. The number of nitrogens with zero attached hydrogens (tertiary/aromatic N) is 3. The van der Waals surface area contributed by atoms with E-state index in [1.807, 2.05) is 0 Å². The van der Waals surface area contributed by atoms with Gasteiger partial charge >= 0.3 is 0 Å². The maximum atomic E-state index is 11.8.